The molecule has 17 nitrogen and oxygen atoms in total. The molecule has 20 heteroatoms. The van der Waals surface area contributed by atoms with Gasteiger partial charge in [-0.3, -0.25) is 38.7 Å². The Morgan fingerprint density at radius 2 is 1.06 bits per heavy atom. The summed E-state index contributed by atoms with van der Waals surface area (Å²) in [5.41, 5.74) is 13.8. The third-order valence-corrected chi connectivity index (χ3v) is 18.2. The van der Waals surface area contributed by atoms with Crippen molar-refractivity contribution in [3.05, 3.63) is 202 Å². The molecule has 0 spiro atoms. The fraction of sp³-hybridized carbons (Fsp3) is 0.397. The van der Waals surface area contributed by atoms with Gasteiger partial charge in [0, 0.05) is 133 Å². The Morgan fingerprint density at radius 3 is 1.51 bits per heavy atom. The number of carbonyl (C=O) groups excluding carboxylic acids is 5. The van der Waals surface area contributed by atoms with E-state index in [1.807, 2.05) is 121 Å². The number of anilines is 2. The Kier molecular flexibility index (Phi) is 21.7. The molecule has 3 amide bonds. The summed E-state index contributed by atoms with van der Waals surface area (Å²) in [5, 5.41) is 24.3. The van der Waals surface area contributed by atoms with E-state index in [1.54, 1.807) is 21.9 Å². The highest BCUT2D eigenvalue weighted by Crippen LogP contribution is 2.36. The number of rotatable bonds is 17. The molecule has 7 aromatic rings. The predicted octanol–water partition coefficient (Wildman–Crippen LogP) is 13.2. The lowest BCUT2D eigenvalue weighted by atomic mass is 9.90. The Balaban J connectivity index is 0.000000216. The fourth-order valence-electron chi connectivity index (χ4n) is 12.5. The number of benzene rings is 5. The summed E-state index contributed by atoms with van der Waals surface area (Å²) in [6.45, 7) is 8.14. The SMILES string of the molecule is Cc1cc(CCC(=O)CCC2CCN(C(=O)OCc3ccc([N+](=O)[O-])cc3)CC2)ccc1C(=O)N1Cc2cnn(C)c2Cc2cc(Cl)ccc21.Cc1cc(CCC(=O)CCC2CCNCC2)ccc1C(=O)N1Cc2cnn(C)c2Cc2cc(Cl)ccc21.Cl. The molecule has 2 aromatic heterocycles. The number of nitro benzene ring substituents is 1. The standard InChI is InChI=1S/C38H40ClN5O6.C30H35ClN4O2.ClH/c1-25-19-27(7-13-34(25)37(46)43-23-30-22-40-41(2)36(30)21-29-20-31(39)8-14-35(29)43)6-12-33(45)11-5-26-15-17-42(18-16-26)38(47)50-24-28-3-9-32(10-4-28)44(48)49;1-20-15-22(4-8-26(36)7-3-21-11-13-32-14-12-21)5-9-27(20)30(37)35-19-24-18-33-34(2)29(24)17-23-16-25(31)6-10-28(23)35;/h3-4,7-10,13-14,19-20,22,26H,5-6,11-12,15-18,21,23-24H2,1-2H3;5-6,9-10,15-16,18,21,32H,3-4,7-8,11-14,17,19H2,1-2H3;1H. The average Bonchev–Trinajstić information content (AvgIpc) is 2.14. The van der Waals surface area contributed by atoms with Crippen LogP contribution in [0.5, 0.6) is 0 Å². The number of ether oxygens (including phenoxy) is 1. The zero-order valence-electron chi connectivity index (χ0n) is 50.4. The number of amides is 3. The minimum atomic E-state index is -0.469. The first-order valence-electron chi connectivity index (χ1n) is 30.2. The van der Waals surface area contributed by atoms with Crippen LogP contribution in [0, 0.1) is 35.8 Å². The summed E-state index contributed by atoms with van der Waals surface area (Å²) in [6, 6.07) is 29.1. The van der Waals surface area contributed by atoms with Crippen molar-refractivity contribution in [1.82, 2.24) is 29.8 Å². The second-order valence-corrected chi connectivity index (χ2v) is 24.6. The van der Waals surface area contributed by atoms with Crippen LogP contribution in [-0.2, 0) is 73.8 Å². The van der Waals surface area contributed by atoms with Crippen molar-refractivity contribution < 1.29 is 33.6 Å². The highest BCUT2D eigenvalue weighted by molar-refractivity contribution is 6.31. The summed E-state index contributed by atoms with van der Waals surface area (Å²) < 4.78 is 9.14. The molecule has 0 saturated carbocycles. The van der Waals surface area contributed by atoms with Gasteiger partial charge in [-0.05, 0) is 190 Å². The molecule has 462 valence electrons. The van der Waals surface area contributed by atoms with Crippen LogP contribution in [0.15, 0.2) is 109 Å². The van der Waals surface area contributed by atoms with Crippen LogP contribution >= 0.6 is 35.6 Å². The highest BCUT2D eigenvalue weighted by atomic mass is 35.5. The number of hydrogen-bond donors (Lipinski definition) is 1. The van der Waals surface area contributed by atoms with Crippen molar-refractivity contribution >= 4 is 82.1 Å². The van der Waals surface area contributed by atoms with Crippen molar-refractivity contribution in [3.8, 4) is 0 Å². The van der Waals surface area contributed by atoms with Gasteiger partial charge in [0.05, 0.1) is 30.4 Å². The van der Waals surface area contributed by atoms with E-state index < -0.39 is 11.0 Å². The van der Waals surface area contributed by atoms with Crippen LogP contribution in [0.25, 0.3) is 0 Å². The normalized spacial score (nSPS) is 14.8. The van der Waals surface area contributed by atoms with Gasteiger partial charge in [0.2, 0.25) is 0 Å². The van der Waals surface area contributed by atoms with Gasteiger partial charge >= 0.3 is 6.09 Å². The number of ketones is 2. The molecule has 4 aliphatic heterocycles. The van der Waals surface area contributed by atoms with Gasteiger partial charge in [0.25, 0.3) is 17.5 Å². The van der Waals surface area contributed by atoms with Crippen molar-refractivity contribution in [2.75, 3.05) is 36.0 Å². The van der Waals surface area contributed by atoms with Gasteiger partial charge in [0.15, 0.2) is 0 Å². The molecule has 0 unspecified atom stereocenters. The maximum absolute atomic E-state index is 14.0. The molecule has 0 aliphatic carbocycles. The molecule has 6 heterocycles. The number of fused-ring (bicyclic) bond motifs is 4. The van der Waals surface area contributed by atoms with Gasteiger partial charge < -0.3 is 24.8 Å². The molecule has 2 saturated heterocycles. The predicted molar refractivity (Wildman–Crippen MR) is 344 cm³/mol. The number of halogens is 3. The van der Waals surface area contributed by atoms with Gasteiger partial charge in [-0.1, -0.05) is 47.5 Å². The lowest BCUT2D eigenvalue weighted by Gasteiger charge is -2.31. The minimum Gasteiger partial charge on any atom is -0.445 e. The van der Waals surface area contributed by atoms with E-state index in [0.717, 1.165) is 106 Å². The van der Waals surface area contributed by atoms with E-state index in [2.05, 4.69) is 21.6 Å². The summed E-state index contributed by atoms with van der Waals surface area (Å²) in [6.07, 6.45) is 13.9. The quantitative estimate of drug-likeness (QED) is 0.0673. The maximum atomic E-state index is 14.0. The van der Waals surface area contributed by atoms with E-state index in [0.29, 0.717) is 122 Å². The molecule has 88 heavy (non-hydrogen) atoms. The van der Waals surface area contributed by atoms with Crippen molar-refractivity contribution in [2.24, 2.45) is 25.9 Å². The number of likely N-dealkylation sites (tertiary alicyclic amines) is 1. The third kappa shape index (κ3) is 15.9. The van der Waals surface area contributed by atoms with Crippen molar-refractivity contribution in [2.45, 2.75) is 123 Å². The zero-order chi connectivity index (χ0) is 61.3. The summed E-state index contributed by atoms with van der Waals surface area (Å²) in [5.74, 6) is 1.47. The number of piperidine rings is 2. The summed E-state index contributed by atoms with van der Waals surface area (Å²) in [4.78, 5) is 81.4. The minimum absolute atomic E-state index is 0. The second-order valence-electron chi connectivity index (χ2n) is 23.7. The number of nitro groups is 1. The van der Waals surface area contributed by atoms with Crippen molar-refractivity contribution in [1.29, 1.82) is 0 Å². The molecule has 11 rings (SSSR count). The Labute approximate surface area is 530 Å². The van der Waals surface area contributed by atoms with Crippen LogP contribution in [-0.4, -0.2) is 85.0 Å². The molecule has 0 bridgehead atoms. The van der Waals surface area contributed by atoms with Crippen LogP contribution in [0.3, 0.4) is 0 Å². The second kappa shape index (κ2) is 29.5. The average molecular weight is 1250 g/mol. The van der Waals surface area contributed by atoms with Gasteiger partial charge in [0.1, 0.15) is 18.2 Å². The lowest BCUT2D eigenvalue weighted by Crippen LogP contribution is -2.38. The number of nitrogens with one attached hydrogen (secondary N) is 1. The number of hydrogen-bond acceptors (Lipinski definition) is 11. The number of aromatic nitrogens is 4. The molecule has 1 N–H and O–H groups in total. The molecular weight excluding hydrogens is 1180 g/mol. The lowest BCUT2D eigenvalue weighted by molar-refractivity contribution is -0.384. The molecule has 2 fully saturated rings. The highest BCUT2D eigenvalue weighted by Gasteiger charge is 2.31. The number of aryl methyl sites for hydroxylation is 6. The van der Waals surface area contributed by atoms with E-state index in [4.69, 9.17) is 27.9 Å². The summed E-state index contributed by atoms with van der Waals surface area (Å²) >= 11 is 12.7. The van der Waals surface area contributed by atoms with Gasteiger partial charge in [-0.25, -0.2) is 4.79 Å². The Hall–Kier alpha value is -7.70. The molecule has 5 aromatic carbocycles. The zero-order valence-corrected chi connectivity index (χ0v) is 52.7. The molecule has 0 radical (unpaired) electrons. The van der Waals surface area contributed by atoms with Crippen molar-refractivity contribution in [3.63, 3.8) is 0 Å². The topological polar surface area (TPSA) is 195 Å². The first kappa shape index (κ1) is 64.8. The van der Waals surface area contributed by atoms with E-state index in [-0.39, 0.29) is 42.3 Å². The molecular formula is C68H76Cl3N9O8. The Morgan fingerprint density at radius 1 is 0.602 bits per heavy atom. The maximum Gasteiger partial charge on any atom is 0.410 e. The van der Waals surface area contributed by atoms with Gasteiger partial charge in [-0.2, -0.15) is 10.2 Å². The van der Waals surface area contributed by atoms with E-state index >= 15 is 0 Å². The first-order valence-corrected chi connectivity index (χ1v) is 31.0. The van der Waals surface area contributed by atoms with Crippen LogP contribution in [0.1, 0.15) is 146 Å². The first-order chi connectivity index (χ1) is 41.9. The largest absolute Gasteiger partial charge is 0.445 e. The van der Waals surface area contributed by atoms with Crippen LogP contribution in [0.4, 0.5) is 21.9 Å². The van der Waals surface area contributed by atoms with Crippen LogP contribution < -0.4 is 15.1 Å². The van der Waals surface area contributed by atoms with Gasteiger partial charge in [-0.15, -0.1) is 12.4 Å². The smallest absolute Gasteiger partial charge is 0.410 e. The molecule has 4 aliphatic rings. The number of carbonyl (C=O) groups is 5. The number of non-ortho nitro benzene ring substituents is 1. The summed E-state index contributed by atoms with van der Waals surface area (Å²) in [7, 11) is 3.84. The fourth-order valence-corrected chi connectivity index (χ4v) is 12.9. The number of nitrogens with zero attached hydrogens (tertiary/aromatic N) is 8. The molecule has 0 atom stereocenters. The monoisotopic (exact) mass is 1250 g/mol. The van der Waals surface area contributed by atoms with Crippen LogP contribution in [0.2, 0.25) is 10.0 Å². The number of Topliss-reactive ketones (excluding diaryl/α,β-unsaturated/α-hetero) is 2. The van der Waals surface area contributed by atoms with E-state index in [9.17, 15) is 34.1 Å². The third-order valence-electron chi connectivity index (χ3n) is 17.8. The Bertz CT molecular complexity index is 3700. The van der Waals surface area contributed by atoms with E-state index in [1.165, 1.54) is 25.0 Å².